The molecule has 1 amide bonds. The van der Waals surface area contributed by atoms with Crippen LogP contribution in [0.25, 0.3) is 0 Å². The van der Waals surface area contributed by atoms with Crippen LogP contribution in [0.3, 0.4) is 0 Å². The van der Waals surface area contributed by atoms with Gasteiger partial charge in [-0.15, -0.1) is 0 Å². The number of hydrogen-bond donors (Lipinski definition) is 1. The van der Waals surface area contributed by atoms with Crippen molar-refractivity contribution in [3.05, 3.63) is 23.6 Å². The predicted molar refractivity (Wildman–Crippen MR) is 67.6 cm³/mol. The Morgan fingerprint density at radius 2 is 2.33 bits per heavy atom. The fraction of sp³-hybridized carbons (Fsp3) is 0.538. The molecule has 5 heteroatoms. The summed E-state index contributed by atoms with van der Waals surface area (Å²) in [6.07, 6.45) is 5.05. The Hall–Kier alpha value is -1.65. The molecule has 4 nitrogen and oxygen atoms in total. The molecule has 1 aromatic heterocycles. The lowest BCUT2D eigenvalue weighted by molar-refractivity contribution is 0.0741. The fourth-order valence-electron chi connectivity index (χ4n) is 1.94. The molecule has 0 aliphatic heterocycles. The summed E-state index contributed by atoms with van der Waals surface area (Å²) >= 11 is 0. The van der Waals surface area contributed by atoms with Gasteiger partial charge in [-0.25, -0.2) is 9.37 Å². The van der Waals surface area contributed by atoms with Gasteiger partial charge in [-0.1, -0.05) is 13.3 Å². The number of aromatic nitrogens is 1. The van der Waals surface area contributed by atoms with E-state index in [4.69, 9.17) is 5.73 Å². The number of carbonyl (C=O) groups is 1. The molecule has 1 fully saturated rings. The van der Waals surface area contributed by atoms with Crippen LogP contribution in [-0.4, -0.2) is 28.4 Å². The average molecular weight is 251 g/mol. The van der Waals surface area contributed by atoms with Crippen molar-refractivity contribution in [3.8, 4) is 0 Å². The van der Waals surface area contributed by atoms with Crippen LogP contribution in [-0.2, 0) is 0 Å². The number of anilines is 1. The molecule has 2 rings (SSSR count). The molecule has 1 aliphatic carbocycles. The first kappa shape index (κ1) is 12.8. The SMILES string of the molecule is CCCCN(C(=O)c1cc(F)cnc1N)C1CC1. The van der Waals surface area contributed by atoms with Gasteiger partial charge >= 0.3 is 0 Å². The van der Waals surface area contributed by atoms with Gasteiger partial charge in [0.05, 0.1) is 11.8 Å². The molecule has 0 radical (unpaired) electrons. The number of pyridine rings is 1. The van der Waals surface area contributed by atoms with Crippen LogP contribution in [0.4, 0.5) is 10.2 Å². The van der Waals surface area contributed by atoms with Crippen LogP contribution < -0.4 is 5.73 Å². The van der Waals surface area contributed by atoms with Gasteiger partial charge in [0.2, 0.25) is 0 Å². The van der Waals surface area contributed by atoms with E-state index in [1.165, 1.54) is 6.07 Å². The Morgan fingerprint density at radius 3 is 2.94 bits per heavy atom. The molecule has 0 aromatic carbocycles. The zero-order valence-corrected chi connectivity index (χ0v) is 10.5. The van der Waals surface area contributed by atoms with Gasteiger partial charge in [-0.05, 0) is 25.3 Å². The van der Waals surface area contributed by atoms with E-state index in [2.05, 4.69) is 11.9 Å². The summed E-state index contributed by atoms with van der Waals surface area (Å²) in [4.78, 5) is 17.8. The third-order valence-electron chi connectivity index (χ3n) is 3.12. The van der Waals surface area contributed by atoms with Crippen molar-refractivity contribution in [1.29, 1.82) is 0 Å². The summed E-state index contributed by atoms with van der Waals surface area (Å²) in [5.41, 5.74) is 5.83. The van der Waals surface area contributed by atoms with Crippen molar-refractivity contribution in [1.82, 2.24) is 9.88 Å². The summed E-state index contributed by atoms with van der Waals surface area (Å²) < 4.78 is 13.2. The molecular weight excluding hydrogens is 233 g/mol. The Bertz CT molecular complexity index is 446. The Balaban J connectivity index is 2.19. The lowest BCUT2D eigenvalue weighted by Gasteiger charge is -2.22. The number of rotatable bonds is 5. The van der Waals surface area contributed by atoms with Crippen LogP contribution in [0.2, 0.25) is 0 Å². The van der Waals surface area contributed by atoms with Crippen LogP contribution in [0.5, 0.6) is 0 Å². The molecule has 1 aliphatic rings. The lowest BCUT2D eigenvalue weighted by atomic mass is 10.2. The highest BCUT2D eigenvalue weighted by Crippen LogP contribution is 2.29. The first-order chi connectivity index (χ1) is 8.63. The highest BCUT2D eigenvalue weighted by Gasteiger charge is 2.33. The first-order valence-electron chi connectivity index (χ1n) is 6.35. The molecule has 98 valence electrons. The lowest BCUT2D eigenvalue weighted by Crippen LogP contribution is -2.34. The van der Waals surface area contributed by atoms with Crippen LogP contribution in [0.1, 0.15) is 43.0 Å². The molecule has 18 heavy (non-hydrogen) atoms. The predicted octanol–water partition coefficient (Wildman–Crippen LogP) is 2.21. The van der Waals surface area contributed by atoms with Crippen molar-refractivity contribution in [3.63, 3.8) is 0 Å². The van der Waals surface area contributed by atoms with E-state index in [1.807, 2.05) is 0 Å². The second-order valence-corrected chi connectivity index (χ2v) is 4.67. The van der Waals surface area contributed by atoms with Crippen molar-refractivity contribution < 1.29 is 9.18 Å². The molecule has 0 unspecified atom stereocenters. The maximum absolute atomic E-state index is 13.2. The second kappa shape index (κ2) is 5.33. The topological polar surface area (TPSA) is 59.2 Å². The average Bonchev–Trinajstić information content (AvgIpc) is 3.17. The van der Waals surface area contributed by atoms with Gasteiger partial charge in [0.15, 0.2) is 0 Å². The zero-order chi connectivity index (χ0) is 13.1. The van der Waals surface area contributed by atoms with Crippen LogP contribution in [0, 0.1) is 5.82 Å². The smallest absolute Gasteiger partial charge is 0.257 e. The maximum atomic E-state index is 13.2. The number of nitrogens with two attached hydrogens (primary N) is 1. The zero-order valence-electron chi connectivity index (χ0n) is 10.5. The standard InChI is InChI=1S/C13H18FN3O/c1-2-3-6-17(10-4-5-10)13(18)11-7-9(14)8-16-12(11)15/h7-8,10H,2-6H2,1H3,(H2,15,16). The second-order valence-electron chi connectivity index (χ2n) is 4.67. The number of halogens is 1. The number of carbonyl (C=O) groups excluding carboxylic acids is 1. The molecule has 1 heterocycles. The largest absolute Gasteiger partial charge is 0.383 e. The maximum Gasteiger partial charge on any atom is 0.257 e. The minimum atomic E-state index is -0.529. The van der Waals surface area contributed by atoms with E-state index in [9.17, 15) is 9.18 Å². The number of unbranched alkanes of at least 4 members (excludes halogenated alkanes) is 1. The van der Waals surface area contributed by atoms with Gasteiger partial charge in [-0.3, -0.25) is 4.79 Å². The Kier molecular flexibility index (Phi) is 3.79. The summed E-state index contributed by atoms with van der Waals surface area (Å²) in [5.74, 6) is -0.627. The van der Waals surface area contributed by atoms with E-state index in [0.717, 1.165) is 31.9 Å². The molecule has 2 N–H and O–H groups in total. The van der Waals surface area contributed by atoms with Gasteiger partial charge < -0.3 is 10.6 Å². The summed E-state index contributed by atoms with van der Waals surface area (Å²) in [7, 11) is 0. The molecule has 0 bridgehead atoms. The third-order valence-corrected chi connectivity index (χ3v) is 3.12. The Labute approximate surface area is 106 Å². The normalized spacial score (nSPS) is 14.6. The molecule has 1 aromatic rings. The molecule has 1 saturated carbocycles. The minimum Gasteiger partial charge on any atom is -0.383 e. The van der Waals surface area contributed by atoms with Gasteiger partial charge in [0.25, 0.3) is 5.91 Å². The highest BCUT2D eigenvalue weighted by molar-refractivity contribution is 5.98. The van der Waals surface area contributed by atoms with E-state index >= 15 is 0 Å². The van der Waals surface area contributed by atoms with E-state index in [-0.39, 0.29) is 17.3 Å². The number of nitrogens with zero attached hydrogens (tertiary/aromatic N) is 2. The van der Waals surface area contributed by atoms with Crippen molar-refractivity contribution in [2.45, 2.75) is 38.6 Å². The number of nitrogen functional groups attached to an aromatic ring is 1. The Morgan fingerprint density at radius 1 is 1.61 bits per heavy atom. The van der Waals surface area contributed by atoms with E-state index in [0.29, 0.717) is 12.6 Å². The highest BCUT2D eigenvalue weighted by atomic mass is 19.1. The van der Waals surface area contributed by atoms with Crippen LogP contribution in [0.15, 0.2) is 12.3 Å². The molecule has 0 spiro atoms. The minimum absolute atomic E-state index is 0.101. The summed E-state index contributed by atoms with van der Waals surface area (Å²) in [6.45, 7) is 2.78. The number of hydrogen-bond acceptors (Lipinski definition) is 3. The number of amides is 1. The fourth-order valence-corrected chi connectivity index (χ4v) is 1.94. The molecule has 0 saturated heterocycles. The van der Waals surface area contributed by atoms with E-state index in [1.54, 1.807) is 4.90 Å². The molecular formula is C13H18FN3O. The summed E-state index contributed by atoms with van der Waals surface area (Å²) in [5, 5.41) is 0. The van der Waals surface area contributed by atoms with Crippen molar-refractivity contribution >= 4 is 11.7 Å². The third kappa shape index (κ3) is 2.78. The van der Waals surface area contributed by atoms with Gasteiger partial charge in [0, 0.05) is 12.6 Å². The van der Waals surface area contributed by atoms with Gasteiger partial charge in [0.1, 0.15) is 11.6 Å². The van der Waals surface area contributed by atoms with E-state index < -0.39 is 5.82 Å². The van der Waals surface area contributed by atoms with Gasteiger partial charge in [-0.2, -0.15) is 0 Å². The summed E-state index contributed by atoms with van der Waals surface area (Å²) in [6, 6.07) is 1.47. The first-order valence-corrected chi connectivity index (χ1v) is 6.35. The monoisotopic (exact) mass is 251 g/mol. The van der Waals surface area contributed by atoms with Crippen LogP contribution >= 0.6 is 0 Å². The quantitative estimate of drug-likeness (QED) is 0.872. The van der Waals surface area contributed by atoms with Crippen molar-refractivity contribution in [2.75, 3.05) is 12.3 Å². The van der Waals surface area contributed by atoms with Crippen molar-refractivity contribution in [2.24, 2.45) is 0 Å². The molecule has 0 atom stereocenters.